The van der Waals surface area contributed by atoms with Crippen molar-refractivity contribution in [3.05, 3.63) is 40.9 Å². The number of aromatic nitrogens is 2. The Kier molecular flexibility index (Phi) is 4.96. The van der Waals surface area contributed by atoms with Gasteiger partial charge in [-0.15, -0.1) is 12.4 Å². The Morgan fingerprint density at radius 3 is 2.79 bits per heavy atom. The molecule has 0 bridgehead atoms. The van der Waals surface area contributed by atoms with Gasteiger partial charge in [0, 0.05) is 17.5 Å². The molecule has 0 aliphatic rings. The van der Waals surface area contributed by atoms with E-state index >= 15 is 0 Å². The number of nitrogens with one attached hydrogen (secondary N) is 1. The van der Waals surface area contributed by atoms with Gasteiger partial charge in [-0.05, 0) is 26.0 Å². The molecular formula is C16H19ClN4O3. The van der Waals surface area contributed by atoms with Gasteiger partial charge < -0.3 is 15.5 Å². The highest BCUT2D eigenvalue weighted by molar-refractivity contribution is 6.01. The summed E-state index contributed by atoms with van der Waals surface area (Å²) in [7, 11) is 0. The summed E-state index contributed by atoms with van der Waals surface area (Å²) in [5.41, 5.74) is 5.92. The summed E-state index contributed by atoms with van der Waals surface area (Å²) in [6, 6.07) is 7.30. The molecule has 128 valence electrons. The fourth-order valence-electron chi connectivity index (χ4n) is 2.35. The van der Waals surface area contributed by atoms with Crippen LogP contribution in [-0.2, 0) is 11.3 Å². The minimum Gasteiger partial charge on any atom is -0.448 e. The summed E-state index contributed by atoms with van der Waals surface area (Å²) < 4.78 is 6.81. The Morgan fingerprint density at radius 2 is 2.08 bits per heavy atom. The summed E-state index contributed by atoms with van der Waals surface area (Å²) in [6.07, 6.45) is 1.36. The summed E-state index contributed by atoms with van der Waals surface area (Å²) in [4.78, 5) is 28.8. The van der Waals surface area contributed by atoms with Gasteiger partial charge in [-0.3, -0.25) is 14.2 Å². The smallest absolute Gasteiger partial charge is 0.297 e. The Labute approximate surface area is 144 Å². The van der Waals surface area contributed by atoms with Gasteiger partial charge in [0.05, 0.1) is 6.33 Å². The van der Waals surface area contributed by atoms with Crippen LogP contribution in [-0.4, -0.2) is 27.5 Å². The Balaban J connectivity index is 0.00000208. The van der Waals surface area contributed by atoms with Gasteiger partial charge in [-0.25, -0.2) is 4.98 Å². The SMILES string of the molecule is CC(C)(CN)NC(=O)Cn1cnc2c(oc3ccccc32)c1=O.Cl. The normalized spacial score (nSPS) is 11.5. The van der Waals surface area contributed by atoms with E-state index in [-0.39, 0.29) is 36.0 Å². The zero-order chi connectivity index (χ0) is 16.6. The van der Waals surface area contributed by atoms with Crippen molar-refractivity contribution in [2.24, 2.45) is 5.73 Å². The Morgan fingerprint density at radius 1 is 1.38 bits per heavy atom. The average Bonchev–Trinajstić information content (AvgIpc) is 2.89. The molecule has 24 heavy (non-hydrogen) atoms. The first-order valence-electron chi connectivity index (χ1n) is 7.29. The van der Waals surface area contributed by atoms with E-state index in [1.807, 2.05) is 32.0 Å². The first kappa shape index (κ1) is 18.0. The minimum atomic E-state index is -0.530. The number of hydrogen-bond donors (Lipinski definition) is 2. The second-order valence-corrected chi connectivity index (χ2v) is 6.09. The lowest BCUT2D eigenvalue weighted by Crippen LogP contribution is -2.50. The van der Waals surface area contributed by atoms with Gasteiger partial charge in [0.15, 0.2) is 0 Å². The monoisotopic (exact) mass is 350 g/mol. The lowest BCUT2D eigenvalue weighted by Gasteiger charge is -2.24. The summed E-state index contributed by atoms with van der Waals surface area (Å²) in [5.74, 6) is -0.306. The summed E-state index contributed by atoms with van der Waals surface area (Å²) in [6.45, 7) is 3.79. The van der Waals surface area contributed by atoms with Crippen molar-refractivity contribution in [3.63, 3.8) is 0 Å². The third-order valence-corrected chi connectivity index (χ3v) is 3.65. The van der Waals surface area contributed by atoms with Crippen molar-refractivity contribution in [1.82, 2.24) is 14.9 Å². The molecule has 0 aliphatic heterocycles. The first-order chi connectivity index (χ1) is 10.9. The van der Waals surface area contributed by atoms with Crippen LogP contribution < -0.4 is 16.6 Å². The van der Waals surface area contributed by atoms with Crippen LogP contribution in [0, 0.1) is 0 Å². The predicted molar refractivity (Wildman–Crippen MR) is 94.3 cm³/mol. The number of carbonyl (C=O) groups excluding carboxylic acids is 1. The van der Waals surface area contributed by atoms with Gasteiger partial charge in [-0.1, -0.05) is 12.1 Å². The maximum absolute atomic E-state index is 12.5. The van der Waals surface area contributed by atoms with Crippen molar-refractivity contribution in [3.8, 4) is 0 Å². The maximum atomic E-state index is 12.5. The molecule has 8 heteroatoms. The zero-order valence-electron chi connectivity index (χ0n) is 13.4. The third kappa shape index (κ3) is 3.27. The van der Waals surface area contributed by atoms with Gasteiger partial charge >= 0.3 is 0 Å². The third-order valence-electron chi connectivity index (χ3n) is 3.65. The average molecular weight is 351 g/mol. The largest absolute Gasteiger partial charge is 0.448 e. The highest BCUT2D eigenvalue weighted by atomic mass is 35.5. The van der Waals surface area contributed by atoms with Crippen molar-refractivity contribution in [2.45, 2.75) is 25.9 Å². The van der Waals surface area contributed by atoms with Crippen LogP contribution in [0.5, 0.6) is 0 Å². The molecule has 0 aliphatic carbocycles. The van der Waals surface area contributed by atoms with E-state index in [1.54, 1.807) is 6.07 Å². The molecule has 2 aromatic heterocycles. The number of rotatable bonds is 4. The van der Waals surface area contributed by atoms with E-state index in [0.29, 0.717) is 17.6 Å². The molecule has 0 saturated heterocycles. The van der Waals surface area contributed by atoms with Gasteiger partial charge in [-0.2, -0.15) is 0 Å². The van der Waals surface area contributed by atoms with Crippen LogP contribution in [0.1, 0.15) is 13.8 Å². The number of hydrogen-bond acceptors (Lipinski definition) is 5. The maximum Gasteiger partial charge on any atom is 0.297 e. The number of para-hydroxylation sites is 1. The van der Waals surface area contributed by atoms with E-state index in [9.17, 15) is 9.59 Å². The lowest BCUT2D eigenvalue weighted by molar-refractivity contribution is -0.123. The summed E-state index contributed by atoms with van der Waals surface area (Å²) >= 11 is 0. The van der Waals surface area contributed by atoms with E-state index < -0.39 is 5.54 Å². The number of halogens is 1. The fraction of sp³-hybridized carbons (Fsp3) is 0.312. The van der Waals surface area contributed by atoms with Gasteiger partial charge in [0.1, 0.15) is 17.6 Å². The van der Waals surface area contributed by atoms with Gasteiger partial charge in [0.2, 0.25) is 11.5 Å². The predicted octanol–water partition coefficient (Wildman–Crippen LogP) is 1.42. The molecule has 2 heterocycles. The second-order valence-electron chi connectivity index (χ2n) is 6.09. The Hall–Kier alpha value is -2.38. The first-order valence-corrected chi connectivity index (χ1v) is 7.29. The summed E-state index contributed by atoms with van der Waals surface area (Å²) in [5, 5.41) is 3.55. The molecule has 3 aromatic rings. The number of carbonyl (C=O) groups is 1. The molecule has 0 spiro atoms. The van der Waals surface area contributed by atoms with E-state index in [1.165, 1.54) is 10.9 Å². The van der Waals surface area contributed by atoms with Crippen molar-refractivity contribution < 1.29 is 9.21 Å². The van der Waals surface area contributed by atoms with Crippen LogP contribution in [0.2, 0.25) is 0 Å². The lowest BCUT2D eigenvalue weighted by atomic mass is 10.1. The molecule has 7 nitrogen and oxygen atoms in total. The Bertz CT molecular complexity index is 945. The van der Waals surface area contributed by atoms with E-state index in [4.69, 9.17) is 10.2 Å². The molecule has 0 radical (unpaired) electrons. The standard InChI is InChI=1S/C16H18N4O3.ClH/c1-16(2,8-17)19-12(21)7-20-9-18-13-10-5-3-4-6-11(10)23-14(13)15(20)22;/h3-6,9H,7-8,17H2,1-2H3,(H,19,21);1H. The van der Waals surface area contributed by atoms with Crippen LogP contribution in [0.15, 0.2) is 39.8 Å². The topological polar surface area (TPSA) is 103 Å². The van der Waals surface area contributed by atoms with Crippen LogP contribution in [0.3, 0.4) is 0 Å². The number of fused-ring (bicyclic) bond motifs is 3. The molecule has 0 atom stereocenters. The van der Waals surface area contributed by atoms with Crippen LogP contribution in [0.4, 0.5) is 0 Å². The molecular weight excluding hydrogens is 332 g/mol. The van der Waals surface area contributed by atoms with Crippen molar-refractivity contribution >= 4 is 40.4 Å². The molecule has 0 fully saturated rings. The number of furan rings is 1. The van der Waals surface area contributed by atoms with Crippen molar-refractivity contribution in [2.75, 3.05) is 6.54 Å². The number of amides is 1. The number of nitrogens with zero attached hydrogens (tertiary/aromatic N) is 2. The van der Waals surface area contributed by atoms with E-state index in [0.717, 1.165) is 5.39 Å². The second kappa shape index (κ2) is 6.62. The molecule has 3 rings (SSSR count). The quantitative estimate of drug-likeness (QED) is 0.740. The molecule has 3 N–H and O–H groups in total. The van der Waals surface area contributed by atoms with Crippen LogP contribution in [0.25, 0.3) is 22.1 Å². The number of nitrogens with two attached hydrogens (primary N) is 1. The number of benzene rings is 1. The van der Waals surface area contributed by atoms with Crippen molar-refractivity contribution in [1.29, 1.82) is 0 Å². The highest BCUT2D eigenvalue weighted by Gasteiger charge is 2.19. The molecule has 0 unspecified atom stereocenters. The highest BCUT2D eigenvalue weighted by Crippen LogP contribution is 2.23. The van der Waals surface area contributed by atoms with E-state index in [2.05, 4.69) is 10.3 Å². The minimum absolute atomic E-state index is 0. The molecule has 1 amide bonds. The van der Waals surface area contributed by atoms with Gasteiger partial charge in [0.25, 0.3) is 5.56 Å². The van der Waals surface area contributed by atoms with Crippen LogP contribution >= 0.6 is 12.4 Å². The fourth-order valence-corrected chi connectivity index (χ4v) is 2.35. The molecule has 1 aromatic carbocycles. The zero-order valence-corrected chi connectivity index (χ0v) is 14.2. The molecule has 0 saturated carbocycles.